The van der Waals surface area contributed by atoms with Gasteiger partial charge in [-0.1, -0.05) is 0 Å². The number of carbonyl (C=O) groups excluding carboxylic acids is 1. The van der Waals surface area contributed by atoms with Gasteiger partial charge in [0.05, 0.1) is 5.88 Å². The zero-order chi connectivity index (χ0) is 11.4. The Kier molecular flexibility index (Phi) is 4.49. The van der Waals surface area contributed by atoms with Crippen LogP contribution in [-0.2, 0) is 0 Å². The number of thiazole rings is 1. The van der Waals surface area contributed by atoms with E-state index < -0.39 is 0 Å². The van der Waals surface area contributed by atoms with Crippen molar-refractivity contribution in [1.29, 1.82) is 0 Å². The summed E-state index contributed by atoms with van der Waals surface area (Å²) in [7, 11) is 0. The van der Waals surface area contributed by atoms with Crippen molar-refractivity contribution >= 4 is 45.6 Å². The van der Waals surface area contributed by atoms with Crippen LogP contribution in [0.25, 0.3) is 0 Å². The number of carbonyl (C=O) groups is 1. The van der Waals surface area contributed by atoms with Crippen molar-refractivity contribution in [2.24, 2.45) is 0 Å². The minimum atomic E-state index is -0.0895. The van der Waals surface area contributed by atoms with E-state index in [2.05, 4.69) is 9.88 Å². The first-order valence-electron chi connectivity index (χ1n) is 5.18. The van der Waals surface area contributed by atoms with Crippen molar-refractivity contribution in [2.75, 3.05) is 35.4 Å². The van der Waals surface area contributed by atoms with Crippen molar-refractivity contribution < 1.29 is 4.79 Å². The molecular formula is C10H13ClN2OS2. The zero-order valence-corrected chi connectivity index (χ0v) is 11.2. The van der Waals surface area contributed by atoms with Gasteiger partial charge in [-0.3, -0.25) is 4.79 Å². The Labute approximate surface area is 108 Å². The third kappa shape index (κ3) is 2.90. The number of anilines is 1. The fourth-order valence-electron chi connectivity index (χ4n) is 1.54. The van der Waals surface area contributed by atoms with Crippen LogP contribution in [0, 0.1) is 0 Å². The molecule has 88 valence electrons. The molecule has 3 nitrogen and oxygen atoms in total. The molecule has 1 fully saturated rings. The molecule has 0 N–H and O–H groups in total. The molecular weight excluding hydrogens is 264 g/mol. The largest absolute Gasteiger partial charge is 0.347 e. The third-order valence-corrected chi connectivity index (χ3v) is 4.58. The third-order valence-electron chi connectivity index (χ3n) is 2.39. The van der Waals surface area contributed by atoms with Gasteiger partial charge in [-0.05, 0) is 12.2 Å². The average Bonchev–Trinajstić information content (AvgIpc) is 2.64. The van der Waals surface area contributed by atoms with Crippen molar-refractivity contribution in [3.8, 4) is 0 Å². The lowest BCUT2D eigenvalue weighted by molar-refractivity contribution is 0.101. The van der Waals surface area contributed by atoms with Crippen LogP contribution in [0.4, 0.5) is 5.13 Å². The molecule has 0 spiro atoms. The van der Waals surface area contributed by atoms with Gasteiger partial charge in [0, 0.05) is 24.2 Å². The lowest BCUT2D eigenvalue weighted by atomic mass is 10.3. The van der Waals surface area contributed by atoms with Crippen molar-refractivity contribution in [3.05, 3.63) is 11.1 Å². The van der Waals surface area contributed by atoms with E-state index in [9.17, 15) is 4.79 Å². The highest BCUT2D eigenvalue weighted by Crippen LogP contribution is 2.23. The lowest BCUT2D eigenvalue weighted by Crippen LogP contribution is -2.25. The standard InChI is InChI=1S/C10H13ClN2OS2/c11-6-9(14)8-7-16-10(12-8)13-2-1-4-15-5-3-13/h7H,1-6H2. The molecule has 0 amide bonds. The van der Waals surface area contributed by atoms with Crippen LogP contribution < -0.4 is 4.90 Å². The Balaban J connectivity index is 2.08. The number of thioether (sulfide) groups is 1. The Morgan fingerprint density at radius 3 is 3.19 bits per heavy atom. The van der Waals surface area contributed by atoms with Gasteiger partial charge in [-0.2, -0.15) is 11.8 Å². The highest BCUT2D eigenvalue weighted by atomic mass is 35.5. The summed E-state index contributed by atoms with van der Waals surface area (Å²) in [4.78, 5) is 18.0. The van der Waals surface area contributed by atoms with Crippen LogP contribution >= 0.6 is 34.7 Å². The Bertz CT molecular complexity index is 361. The fourth-order valence-corrected chi connectivity index (χ4v) is 3.45. The van der Waals surface area contributed by atoms with E-state index in [0.717, 1.165) is 24.0 Å². The molecule has 0 aromatic carbocycles. The fraction of sp³-hybridized carbons (Fsp3) is 0.600. The molecule has 6 heteroatoms. The van der Waals surface area contributed by atoms with E-state index in [4.69, 9.17) is 11.6 Å². The summed E-state index contributed by atoms with van der Waals surface area (Å²) in [5, 5.41) is 2.76. The predicted molar refractivity (Wildman–Crippen MR) is 71.3 cm³/mol. The molecule has 0 radical (unpaired) electrons. The molecule has 2 rings (SSSR count). The van der Waals surface area contributed by atoms with E-state index >= 15 is 0 Å². The highest BCUT2D eigenvalue weighted by Gasteiger charge is 2.15. The molecule has 1 aliphatic rings. The summed E-state index contributed by atoms with van der Waals surface area (Å²) < 4.78 is 0. The summed E-state index contributed by atoms with van der Waals surface area (Å²) in [5.41, 5.74) is 0.506. The second-order valence-corrected chi connectivity index (χ2v) is 5.85. The average molecular weight is 277 g/mol. The minimum absolute atomic E-state index is 0.0129. The summed E-state index contributed by atoms with van der Waals surface area (Å²) in [6, 6.07) is 0. The number of hydrogen-bond acceptors (Lipinski definition) is 5. The molecule has 1 aliphatic heterocycles. The topological polar surface area (TPSA) is 33.2 Å². The summed E-state index contributed by atoms with van der Waals surface area (Å²) in [6.45, 7) is 2.06. The van der Waals surface area contributed by atoms with E-state index in [0.29, 0.717) is 5.69 Å². The molecule has 0 bridgehead atoms. The molecule has 16 heavy (non-hydrogen) atoms. The number of alkyl halides is 1. The van der Waals surface area contributed by atoms with E-state index in [1.807, 2.05) is 11.8 Å². The van der Waals surface area contributed by atoms with Gasteiger partial charge >= 0.3 is 0 Å². The number of rotatable bonds is 3. The molecule has 0 unspecified atom stereocenters. The Hall–Kier alpha value is -0.260. The molecule has 1 aromatic rings. The van der Waals surface area contributed by atoms with Crippen molar-refractivity contribution in [3.63, 3.8) is 0 Å². The SMILES string of the molecule is O=C(CCl)c1csc(N2CCCSCC2)n1. The maximum atomic E-state index is 11.4. The smallest absolute Gasteiger partial charge is 0.196 e. The van der Waals surface area contributed by atoms with Gasteiger partial charge in [-0.25, -0.2) is 4.98 Å². The lowest BCUT2D eigenvalue weighted by Gasteiger charge is -2.18. The van der Waals surface area contributed by atoms with Gasteiger partial charge in [0.25, 0.3) is 0 Å². The maximum absolute atomic E-state index is 11.4. The van der Waals surface area contributed by atoms with E-state index in [1.165, 1.54) is 23.5 Å². The molecule has 2 heterocycles. The first-order chi connectivity index (χ1) is 7.81. The van der Waals surface area contributed by atoms with Gasteiger partial charge in [0.2, 0.25) is 0 Å². The Morgan fingerprint density at radius 2 is 2.38 bits per heavy atom. The van der Waals surface area contributed by atoms with E-state index in [-0.39, 0.29) is 11.7 Å². The molecule has 0 aliphatic carbocycles. The number of aromatic nitrogens is 1. The highest BCUT2D eigenvalue weighted by molar-refractivity contribution is 7.99. The number of nitrogens with zero attached hydrogens (tertiary/aromatic N) is 2. The second-order valence-electron chi connectivity index (χ2n) is 3.53. The molecule has 1 aromatic heterocycles. The summed E-state index contributed by atoms with van der Waals surface area (Å²) in [6.07, 6.45) is 1.18. The molecule has 0 atom stereocenters. The predicted octanol–water partition coefficient (Wildman–Crippen LogP) is 2.51. The molecule has 0 saturated carbocycles. The first kappa shape index (κ1) is 12.2. The van der Waals surface area contributed by atoms with Crippen LogP contribution in [0.3, 0.4) is 0 Å². The first-order valence-corrected chi connectivity index (χ1v) is 7.75. The quantitative estimate of drug-likeness (QED) is 0.627. The molecule has 1 saturated heterocycles. The summed E-state index contributed by atoms with van der Waals surface area (Å²) in [5.74, 6) is 2.28. The van der Waals surface area contributed by atoms with Crippen LogP contribution in [0.5, 0.6) is 0 Å². The van der Waals surface area contributed by atoms with Crippen LogP contribution in [0.1, 0.15) is 16.9 Å². The van der Waals surface area contributed by atoms with Gasteiger partial charge < -0.3 is 4.90 Å². The normalized spacial score (nSPS) is 17.2. The number of Topliss-reactive ketones (excluding diaryl/α,β-unsaturated/α-hetero) is 1. The van der Waals surface area contributed by atoms with Crippen LogP contribution in [-0.4, -0.2) is 41.2 Å². The zero-order valence-electron chi connectivity index (χ0n) is 8.82. The second kappa shape index (κ2) is 5.89. The minimum Gasteiger partial charge on any atom is -0.347 e. The van der Waals surface area contributed by atoms with Gasteiger partial charge in [0.15, 0.2) is 10.9 Å². The maximum Gasteiger partial charge on any atom is 0.196 e. The van der Waals surface area contributed by atoms with Crippen LogP contribution in [0.2, 0.25) is 0 Å². The summed E-state index contributed by atoms with van der Waals surface area (Å²) >= 11 is 9.02. The van der Waals surface area contributed by atoms with Crippen LogP contribution in [0.15, 0.2) is 5.38 Å². The van der Waals surface area contributed by atoms with Crippen molar-refractivity contribution in [2.45, 2.75) is 6.42 Å². The van der Waals surface area contributed by atoms with Crippen molar-refractivity contribution in [1.82, 2.24) is 4.98 Å². The van der Waals surface area contributed by atoms with Gasteiger partial charge in [-0.15, -0.1) is 22.9 Å². The number of halogens is 1. The number of hydrogen-bond donors (Lipinski definition) is 0. The monoisotopic (exact) mass is 276 g/mol. The Morgan fingerprint density at radius 1 is 1.50 bits per heavy atom. The van der Waals surface area contributed by atoms with E-state index in [1.54, 1.807) is 5.38 Å². The van der Waals surface area contributed by atoms with Gasteiger partial charge in [0.1, 0.15) is 5.69 Å². The number of ketones is 1.